The van der Waals surface area contributed by atoms with Gasteiger partial charge >= 0.3 is 0 Å². The molecule has 0 atom stereocenters. The first-order valence-electron chi connectivity index (χ1n) is 7.48. The maximum absolute atomic E-state index is 12.8. The fourth-order valence-corrected chi connectivity index (χ4v) is 2.83. The molecule has 1 fully saturated rings. The smallest absolute Gasteiger partial charge is 0.188 e. The van der Waals surface area contributed by atoms with Crippen LogP contribution in [0, 0.1) is 0 Å². The molecule has 0 aromatic carbocycles. The second-order valence-corrected chi connectivity index (χ2v) is 5.31. The summed E-state index contributed by atoms with van der Waals surface area (Å²) < 4.78 is 19.3. The van der Waals surface area contributed by atoms with Gasteiger partial charge in [-0.05, 0) is 25.3 Å². The lowest BCUT2D eigenvalue weighted by Gasteiger charge is -2.30. The second kappa shape index (κ2) is 9.63. The summed E-state index contributed by atoms with van der Waals surface area (Å²) in [5.41, 5.74) is 1.71. The first kappa shape index (κ1) is 18.7. The molecule has 124 valence electrons. The van der Waals surface area contributed by atoms with Crippen molar-refractivity contribution in [3.8, 4) is 0 Å². The van der Waals surface area contributed by atoms with Gasteiger partial charge in [0.1, 0.15) is 0 Å². The highest BCUT2D eigenvalue weighted by Crippen LogP contribution is 2.24. The molecule has 7 heteroatoms. The summed E-state index contributed by atoms with van der Waals surface area (Å²) in [7, 11) is 1.99. The van der Waals surface area contributed by atoms with Gasteiger partial charge < -0.3 is 9.64 Å². The summed E-state index contributed by atoms with van der Waals surface area (Å²) >= 11 is -0.0101. The molecule has 2 rings (SSSR count). The highest BCUT2D eigenvalue weighted by atomic mass is 32.2. The van der Waals surface area contributed by atoms with E-state index in [1.165, 1.54) is 6.20 Å². The van der Waals surface area contributed by atoms with Crippen LogP contribution in [0.3, 0.4) is 0 Å². The Balaban J connectivity index is 0.00000116. The number of rotatable bonds is 5. The number of carbonyl (C=O) groups is 1. The standard InChI is InChI=1S/C13H18FN3O2S.C2H6/c1-10(8-16(2)12-3-5-19-6-4-12)13-11(9-18)7-15-17(13)20-14;1-2/h7-9,12H,3-6H2,1-2H3;1-2H3/b10-8-;. The van der Waals surface area contributed by atoms with E-state index in [1.54, 1.807) is 0 Å². The first-order chi connectivity index (χ1) is 10.7. The minimum absolute atomic E-state index is 0.0101. The van der Waals surface area contributed by atoms with Gasteiger partial charge in [-0.1, -0.05) is 13.8 Å². The zero-order valence-electron chi connectivity index (χ0n) is 13.6. The van der Waals surface area contributed by atoms with Gasteiger partial charge in [0.05, 0.1) is 17.5 Å². The van der Waals surface area contributed by atoms with Crippen LogP contribution in [0.15, 0.2) is 12.4 Å². The van der Waals surface area contributed by atoms with Crippen molar-refractivity contribution in [3.05, 3.63) is 23.7 Å². The van der Waals surface area contributed by atoms with Crippen molar-refractivity contribution >= 4 is 24.2 Å². The molecular weight excluding hydrogens is 305 g/mol. The van der Waals surface area contributed by atoms with Crippen LogP contribution in [0.2, 0.25) is 0 Å². The van der Waals surface area contributed by atoms with E-state index in [2.05, 4.69) is 10.00 Å². The Kier molecular flexibility index (Phi) is 8.19. The molecule has 0 bridgehead atoms. The van der Waals surface area contributed by atoms with Crippen molar-refractivity contribution in [1.29, 1.82) is 0 Å². The van der Waals surface area contributed by atoms with E-state index in [0.717, 1.165) is 35.7 Å². The zero-order valence-corrected chi connectivity index (χ0v) is 14.4. The molecule has 0 amide bonds. The lowest BCUT2D eigenvalue weighted by molar-refractivity contribution is 0.0559. The minimum Gasteiger partial charge on any atom is -0.381 e. The number of allylic oxidation sites excluding steroid dienone is 1. The molecule has 22 heavy (non-hydrogen) atoms. The predicted molar refractivity (Wildman–Crippen MR) is 88.3 cm³/mol. The van der Waals surface area contributed by atoms with E-state index >= 15 is 0 Å². The van der Waals surface area contributed by atoms with Crippen molar-refractivity contribution in [2.24, 2.45) is 0 Å². The third-order valence-corrected chi connectivity index (χ3v) is 3.90. The van der Waals surface area contributed by atoms with Crippen LogP contribution < -0.4 is 0 Å². The molecule has 1 aliphatic rings. The molecule has 2 heterocycles. The van der Waals surface area contributed by atoms with Gasteiger partial charge in [0.2, 0.25) is 0 Å². The molecule has 0 unspecified atom stereocenters. The van der Waals surface area contributed by atoms with E-state index in [9.17, 15) is 8.68 Å². The number of ether oxygens (including phenoxy) is 1. The first-order valence-corrected chi connectivity index (χ1v) is 8.15. The van der Waals surface area contributed by atoms with Gasteiger partial charge in [-0.2, -0.15) is 9.19 Å². The second-order valence-electron chi connectivity index (χ2n) is 4.83. The van der Waals surface area contributed by atoms with Gasteiger partial charge in [-0.25, -0.2) is 0 Å². The number of hydrogen-bond donors (Lipinski definition) is 0. The molecule has 5 nitrogen and oxygen atoms in total. The SMILES string of the molecule is C/C(=C/N(C)C1CCOCC1)c1c(C=O)cnn1SF.CC. The molecule has 1 aromatic heterocycles. The summed E-state index contributed by atoms with van der Waals surface area (Å²) in [6.07, 6.45) is 5.95. The zero-order chi connectivity index (χ0) is 16.5. The van der Waals surface area contributed by atoms with Crippen LogP contribution in [0.5, 0.6) is 0 Å². The predicted octanol–water partition coefficient (Wildman–Crippen LogP) is 3.57. The van der Waals surface area contributed by atoms with Crippen LogP contribution in [-0.4, -0.2) is 46.7 Å². The fourth-order valence-electron chi connectivity index (χ4n) is 2.43. The Morgan fingerprint density at radius 2 is 2.14 bits per heavy atom. The normalized spacial score (nSPS) is 16.0. The minimum atomic E-state index is -0.0101. The van der Waals surface area contributed by atoms with Crippen molar-refractivity contribution < 1.29 is 13.4 Å². The Morgan fingerprint density at radius 1 is 1.50 bits per heavy atom. The van der Waals surface area contributed by atoms with Crippen LogP contribution >= 0.6 is 12.3 Å². The molecule has 0 aliphatic carbocycles. The highest BCUT2D eigenvalue weighted by molar-refractivity contribution is 7.92. The monoisotopic (exact) mass is 329 g/mol. The average Bonchev–Trinajstić information content (AvgIpc) is 3.00. The van der Waals surface area contributed by atoms with Gasteiger partial charge in [-0.3, -0.25) is 4.79 Å². The number of carbonyl (C=O) groups excluding carboxylic acids is 1. The van der Waals surface area contributed by atoms with E-state index < -0.39 is 0 Å². The van der Waals surface area contributed by atoms with Gasteiger partial charge in [-0.15, -0.1) is 3.89 Å². The largest absolute Gasteiger partial charge is 0.381 e. The Morgan fingerprint density at radius 3 is 2.68 bits per heavy atom. The third-order valence-electron chi connectivity index (χ3n) is 3.50. The maximum atomic E-state index is 12.8. The maximum Gasteiger partial charge on any atom is 0.188 e. The van der Waals surface area contributed by atoms with Gasteiger partial charge in [0.25, 0.3) is 0 Å². The number of halogens is 1. The van der Waals surface area contributed by atoms with E-state index in [1.807, 2.05) is 34.0 Å². The topological polar surface area (TPSA) is 47.4 Å². The molecular formula is C15H24FN3O2S. The van der Waals surface area contributed by atoms with Crippen molar-refractivity contribution in [3.63, 3.8) is 0 Å². The summed E-state index contributed by atoms with van der Waals surface area (Å²) in [6.45, 7) is 7.38. The highest BCUT2D eigenvalue weighted by Gasteiger charge is 2.18. The van der Waals surface area contributed by atoms with Crippen LogP contribution in [-0.2, 0) is 4.74 Å². The molecule has 0 saturated carbocycles. The Bertz CT molecular complexity index is 499. The molecule has 1 saturated heterocycles. The van der Waals surface area contributed by atoms with Crippen molar-refractivity contribution in [1.82, 2.24) is 14.1 Å². The van der Waals surface area contributed by atoms with Crippen molar-refractivity contribution in [2.45, 2.75) is 39.7 Å². The summed E-state index contributed by atoms with van der Waals surface area (Å²) in [4.78, 5) is 13.1. The third kappa shape index (κ3) is 4.58. The van der Waals surface area contributed by atoms with E-state index in [4.69, 9.17) is 4.74 Å². The summed E-state index contributed by atoms with van der Waals surface area (Å²) in [6, 6.07) is 0.410. The quantitative estimate of drug-likeness (QED) is 0.773. The van der Waals surface area contributed by atoms with Crippen molar-refractivity contribution in [2.75, 3.05) is 20.3 Å². The number of aromatic nitrogens is 2. The van der Waals surface area contributed by atoms with Gasteiger partial charge in [0, 0.05) is 32.5 Å². The van der Waals surface area contributed by atoms with Gasteiger partial charge in [0.15, 0.2) is 18.6 Å². The molecule has 0 spiro atoms. The lowest BCUT2D eigenvalue weighted by atomic mass is 10.1. The van der Waals surface area contributed by atoms with E-state index in [0.29, 0.717) is 23.6 Å². The van der Waals surface area contributed by atoms with Crippen LogP contribution in [0.1, 0.15) is 49.7 Å². The fraction of sp³-hybridized carbons (Fsp3) is 0.600. The lowest BCUT2D eigenvalue weighted by Crippen LogP contribution is -2.33. The molecule has 0 radical (unpaired) electrons. The molecule has 1 aromatic rings. The number of nitrogens with zero attached hydrogens (tertiary/aromatic N) is 3. The van der Waals surface area contributed by atoms with Crippen LogP contribution in [0.4, 0.5) is 3.89 Å². The van der Waals surface area contributed by atoms with Crippen LogP contribution in [0.25, 0.3) is 5.57 Å². The Hall–Kier alpha value is -1.34. The summed E-state index contributed by atoms with van der Waals surface area (Å²) in [5.74, 6) is 0. The number of hydrogen-bond acceptors (Lipinski definition) is 5. The molecule has 0 N–H and O–H groups in total. The number of aldehydes is 1. The summed E-state index contributed by atoms with van der Waals surface area (Å²) in [5, 5.41) is 3.84. The Labute approximate surface area is 135 Å². The van der Waals surface area contributed by atoms with E-state index in [-0.39, 0.29) is 12.3 Å². The average molecular weight is 329 g/mol. The molecule has 1 aliphatic heterocycles.